The quantitative estimate of drug-likeness (QED) is 0.116. The SMILES string of the molecule is CCC(C(=O)OC1(C)CCN(C(C)=O)C(C)(C)C1(C)C)C(C(=O)OC1(C)CCN(C(C)=O)C(C)(C)C1(C)C)(C(=O)OC1(C)CCN(C(C)=O)C(C)(C)C1(C)C)C(=O)OC1(C)CCN(C(C)=O)C(C)(C)C1(C)C. The minimum absolute atomic E-state index is 0.101. The van der Waals surface area contributed by atoms with E-state index in [1.54, 1.807) is 54.2 Å². The molecule has 0 aromatic rings. The van der Waals surface area contributed by atoms with Crippen molar-refractivity contribution >= 4 is 47.5 Å². The molecule has 4 aliphatic heterocycles. The van der Waals surface area contributed by atoms with Crippen LogP contribution in [-0.4, -0.2) is 138 Å². The Morgan fingerprint density at radius 2 is 0.569 bits per heavy atom. The van der Waals surface area contributed by atoms with Gasteiger partial charge in [-0.3, -0.25) is 38.4 Å². The van der Waals surface area contributed by atoms with E-state index in [1.165, 1.54) is 27.7 Å². The summed E-state index contributed by atoms with van der Waals surface area (Å²) in [5.74, 6) is -7.79. The van der Waals surface area contributed by atoms with E-state index in [9.17, 15) is 19.2 Å². The number of carbonyl (C=O) groups excluding carboxylic acids is 8. The Morgan fingerprint density at radius 3 is 0.750 bits per heavy atom. The zero-order chi connectivity index (χ0) is 56.2. The van der Waals surface area contributed by atoms with Crippen LogP contribution in [0.4, 0.5) is 0 Å². The summed E-state index contributed by atoms with van der Waals surface area (Å²) in [5.41, 5.74) is -16.8. The Hall–Kier alpha value is -4.24. The van der Waals surface area contributed by atoms with Crippen LogP contribution in [-0.2, 0) is 57.3 Å². The summed E-state index contributed by atoms with van der Waals surface area (Å²) in [6.45, 7) is 45.2. The molecule has 0 aliphatic carbocycles. The van der Waals surface area contributed by atoms with Crippen LogP contribution in [0, 0.1) is 33.0 Å². The van der Waals surface area contributed by atoms with Gasteiger partial charge in [0, 0.05) is 123 Å². The molecule has 16 heteroatoms. The van der Waals surface area contributed by atoms with Crippen LogP contribution in [0.3, 0.4) is 0 Å². The second kappa shape index (κ2) is 18.3. The Kier molecular flexibility index (Phi) is 15.3. The molecule has 0 aromatic heterocycles. The van der Waals surface area contributed by atoms with Gasteiger partial charge in [0.15, 0.2) is 0 Å². The third-order valence-corrected chi connectivity index (χ3v) is 22.3. The Labute approximate surface area is 432 Å². The lowest BCUT2D eigenvalue weighted by molar-refractivity contribution is -0.245. The molecule has 4 amide bonds. The van der Waals surface area contributed by atoms with Gasteiger partial charge >= 0.3 is 23.9 Å². The first-order valence-electron chi connectivity index (χ1n) is 26.2. The zero-order valence-electron chi connectivity index (χ0n) is 49.1. The van der Waals surface area contributed by atoms with Gasteiger partial charge in [-0.2, -0.15) is 0 Å². The van der Waals surface area contributed by atoms with Crippen LogP contribution in [0.1, 0.15) is 205 Å². The zero-order valence-corrected chi connectivity index (χ0v) is 49.1. The maximum absolute atomic E-state index is 16.5. The van der Waals surface area contributed by atoms with Crippen molar-refractivity contribution in [3.05, 3.63) is 0 Å². The van der Waals surface area contributed by atoms with Crippen LogP contribution in [0.5, 0.6) is 0 Å². The van der Waals surface area contributed by atoms with Crippen molar-refractivity contribution in [3.8, 4) is 0 Å². The second-order valence-corrected chi connectivity index (χ2v) is 26.7. The minimum Gasteiger partial charge on any atom is -0.458 e. The molecule has 4 aliphatic rings. The maximum Gasteiger partial charge on any atom is 0.336 e. The molecule has 4 heterocycles. The summed E-state index contributed by atoms with van der Waals surface area (Å²) in [7, 11) is 0. The van der Waals surface area contributed by atoms with E-state index >= 15 is 19.2 Å². The maximum atomic E-state index is 16.5. The molecule has 0 aromatic carbocycles. The fraction of sp³-hybridized carbons (Fsp3) is 0.857. The van der Waals surface area contributed by atoms with Crippen LogP contribution in [0.15, 0.2) is 0 Å². The van der Waals surface area contributed by atoms with Crippen molar-refractivity contribution in [3.63, 3.8) is 0 Å². The topological polar surface area (TPSA) is 186 Å². The van der Waals surface area contributed by atoms with Gasteiger partial charge in [0.25, 0.3) is 5.41 Å². The van der Waals surface area contributed by atoms with Crippen molar-refractivity contribution in [1.29, 1.82) is 0 Å². The highest BCUT2D eigenvalue weighted by Crippen LogP contribution is 2.58. The van der Waals surface area contributed by atoms with Gasteiger partial charge in [-0.1, -0.05) is 62.3 Å². The minimum atomic E-state index is -3.20. The largest absolute Gasteiger partial charge is 0.458 e. The normalized spacial score (nSPS) is 32.0. The summed E-state index contributed by atoms with van der Waals surface area (Å²) >= 11 is 0. The molecule has 5 atom stereocenters. The first-order chi connectivity index (χ1) is 32.1. The summed E-state index contributed by atoms with van der Waals surface area (Å²) in [4.78, 5) is 124. The number of ether oxygens (including phenoxy) is 4. The number of nitrogens with zero attached hydrogens (tertiary/aromatic N) is 4. The first kappa shape index (κ1) is 60.3. The first-order valence-corrected chi connectivity index (χ1v) is 26.2. The molecule has 0 saturated carbocycles. The molecule has 72 heavy (non-hydrogen) atoms. The fourth-order valence-corrected chi connectivity index (χ4v) is 13.0. The number of esters is 4. The number of piperidine rings is 4. The van der Waals surface area contributed by atoms with Gasteiger partial charge in [-0.25, -0.2) is 0 Å². The molecule has 410 valence electrons. The van der Waals surface area contributed by atoms with Gasteiger partial charge in [0.05, 0.1) is 5.92 Å². The average Bonchev–Trinajstić information content (AvgIpc) is 3.19. The van der Waals surface area contributed by atoms with Crippen LogP contribution in [0.2, 0.25) is 0 Å². The highest BCUT2D eigenvalue weighted by Gasteiger charge is 2.73. The highest BCUT2D eigenvalue weighted by molar-refractivity contribution is 6.21. The molecule has 16 nitrogen and oxygen atoms in total. The van der Waals surface area contributed by atoms with Crippen LogP contribution < -0.4 is 0 Å². The number of hydrogen-bond acceptors (Lipinski definition) is 12. The van der Waals surface area contributed by atoms with Crippen molar-refractivity contribution in [2.75, 3.05) is 26.2 Å². The summed E-state index contributed by atoms with van der Waals surface area (Å²) < 4.78 is 27.2. The number of likely N-dealkylation sites (tertiary alicyclic amines) is 4. The third kappa shape index (κ3) is 8.35. The predicted octanol–water partition coefficient (Wildman–Crippen LogP) is 8.43. The van der Waals surface area contributed by atoms with Gasteiger partial charge in [0.2, 0.25) is 23.6 Å². The number of carbonyl (C=O) groups is 8. The summed E-state index contributed by atoms with van der Waals surface area (Å²) in [6.07, 6.45) is 0.180. The molecule has 0 N–H and O–H groups in total. The van der Waals surface area contributed by atoms with E-state index in [4.69, 9.17) is 18.9 Å². The lowest BCUT2D eigenvalue weighted by Gasteiger charge is -2.62. The van der Waals surface area contributed by atoms with Gasteiger partial charge in [-0.15, -0.1) is 0 Å². The molecular weight excluding hydrogens is 921 g/mol. The molecule has 0 bridgehead atoms. The van der Waals surface area contributed by atoms with Crippen molar-refractivity contribution < 1.29 is 57.3 Å². The van der Waals surface area contributed by atoms with E-state index in [0.717, 1.165) is 0 Å². The van der Waals surface area contributed by atoms with Crippen molar-refractivity contribution in [2.24, 2.45) is 33.0 Å². The monoisotopic (exact) mass is 1010 g/mol. The number of amides is 4. The third-order valence-electron chi connectivity index (χ3n) is 22.3. The van der Waals surface area contributed by atoms with Crippen LogP contribution >= 0.6 is 0 Å². The van der Waals surface area contributed by atoms with Crippen molar-refractivity contribution in [1.82, 2.24) is 19.6 Å². The number of hydrogen-bond donors (Lipinski definition) is 0. The summed E-state index contributed by atoms with van der Waals surface area (Å²) in [5, 5.41) is 0. The standard InChI is InChI=1S/C56H94N4O12/c1-26-39(40(65)69-52(22)27-31-57(35(2)61)48(14,15)44(52,6)7)56(41(66)70-53(23)28-32-58(36(3)62)49(16,17)45(53,8)9,42(67)71-54(24)29-33-59(37(4)63)50(18,19)46(54,10)11)43(68)72-55(25)30-34-60(38(5)64)51(20,21)47(55,12)13/h39H,26-34H2,1-25H3. The van der Waals surface area contributed by atoms with E-state index in [-0.39, 0.29) is 81.9 Å². The Morgan fingerprint density at radius 1 is 0.375 bits per heavy atom. The molecule has 4 rings (SSSR count). The Bertz CT molecular complexity index is 2060. The molecule has 5 unspecified atom stereocenters. The number of rotatable bonds is 10. The van der Waals surface area contributed by atoms with Gasteiger partial charge < -0.3 is 38.5 Å². The van der Waals surface area contributed by atoms with Crippen molar-refractivity contribution in [2.45, 2.75) is 250 Å². The van der Waals surface area contributed by atoms with E-state index in [2.05, 4.69) is 0 Å². The molecule has 4 saturated heterocycles. The van der Waals surface area contributed by atoms with E-state index < -0.39 is 101 Å². The fourth-order valence-electron chi connectivity index (χ4n) is 13.0. The van der Waals surface area contributed by atoms with Crippen LogP contribution in [0.25, 0.3) is 0 Å². The highest BCUT2D eigenvalue weighted by atomic mass is 16.6. The second-order valence-electron chi connectivity index (χ2n) is 26.7. The van der Waals surface area contributed by atoms with Gasteiger partial charge in [-0.05, 0) is 89.5 Å². The van der Waals surface area contributed by atoms with E-state index in [0.29, 0.717) is 0 Å². The predicted molar refractivity (Wildman–Crippen MR) is 274 cm³/mol. The molecule has 0 radical (unpaired) electrons. The smallest absolute Gasteiger partial charge is 0.336 e. The van der Waals surface area contributed by atoms with E-state index in [1.807, 2.05) is 111 Å². The summed E-state index contributed by atoms with van der Waals surface area (Å²) in [6, 6.07) is 0. The molecule has 4 fully saturated rings. The lowest BCUT2D eigenvalue weighted by Crippen LogP contribution is -2.73. The molecular formula is C56H94N4O12. The Balaban J connectivity index is 2.13. The van der Waals surface area contributed by atoms with Gasteiger partial charge in [0.1, 0.15) is 22.4 Å². The molecule has 0 spiro atoms. The lowest BCUT2D eigenvalue weighted by atomic mass is 9.58. The average molecular weight is 1020 g/mol.